The van der Waals surface area contributed by atoms with Crippen LogP contribution in [0.4, 0.5) is 0 Å². The first-order valence-electron chi connectivity index (χ1n) is 11.9. The molecule has 0 aliphatic carbocycles. The molecule has 2 aromatic carbocycles. The van der Waals surface area contributed by atoms with E-state index in [0.29, 0.717) is 34.7 Å². The number of halogens is 1. The zero-order valence-corrected chi connectivity index (χ0v) is 22.7. The molecule has 4 aromatic rings. The number of amides is 2. The average Bonchev–Trinajstić information content (AvgIpc) is 3.50. The molecule has 2 aromatic heterocycles. The Bertz CT molecular complexity index is 1440. The van der Waals surface area contributed by atoms with Crippen molar-refractivity contribution in [3.8, 4) is 5.75 Å². The smallest absolute Gasteiger partial charge is 0.352 e. The number of benzene rings is 2. The van der Waals surface area contributed by atoms with Crippen molar-refractivity contribution in [3.63, 3.8) is 0 Å². The number of ether oxygens (including phenoxy) is 1. The minimum atomic E-state index is -1.25. The maximum Gasteiger partial charge on any atom is 0.352 e. The zero-order chi connectivity index (χ0) is 27.4. The Morgan fingerprint density at radius 2 is 1.89 bits per heavy atom. The zero-order valence-electron chi connectivity index (χ0n) is 21.2. The van der Waals surface area contributed by atoms with Gasteiger partial charge in [0, 0.05) is 33.6 Å². The molecule has 0 saturated heterocycles. The first kappa shape index (κ1) is 27.2. The van der Waals surface area contributed by atoms with Crippen LogP contribution in [0.3, 0.4) is 0 Å². The van der Waals surface area contributed by atoms with E-state index in [1.54, 1.807) is 41.7 Å². The molecule has 38 heavy (non-hydrogen) atoms. The second-order valence-electron chi connectivity index (χ2n) is 9.89. The predicted octanol–water partition coefficient (Wildman–Crippen LogP) is 5.77. The summed E-state index contributed by atoms with van der Waals surface area (Å²) in [4.78, 5) is 42.4. The topological polar surface area (TPSA) is 112 Å². The molecule has 1 unspecified atom stereocenters. The number of thiophene rings is 1. The van der Waals surface area contributed by atoms with Crippen LogP contribution in [0.25, 0.3) is 10.9 Å². The van der Waals surface area contributed by atoms with Gasteiger partial charge >= 0.3 is 5.97 Å². The van der Waals surface area contributed by atoms with E-state index in [1.807, 2.05) is 49.7 Å². The number of aromatic carboxylic acids is 1. The minimum absolute atomic E-state index is 0.0653. The van der Waals surface area contributed by atoms with Crippen LogP contribution in [-0.4, -0.2) is 38.8 Å². The number of aromatic nitrogens is 1. The largest absolute Gasteiger partial charge is 0.489 e. The monoisotopic (exact) mass is 553 g/mol. The van der Waals surface area contributed by atoms with Crippen molar-refractivity contribution in [1.82, 2.24) is 15.2 Å². The van der Waals surface area contributed by atoms with Crippen molar-refractivity contribution in [1.29, 1.82) is 0 Å². The van der Waals surface area contributed by atoms with E-state index in [0.717, 1.165) is 11.1 Å². The number of rotatable bonds is 10. The molecule has 198 valence electrons. The molecule has 0 fully saturated rings. The van der Waals surface area contributed by atoms with Crippen molar-refractivity contribution in [3.05, 3.63) is 86.7 Å². The Hall–Kier alpha value is -3.82. The summed E-state index contributed by atoms with van der Waals surface area (Å²) in [5.41, 5.74) is 1.66. The molecule has 0 saturated carbocycles. The van der Waals surface area contributed by atoms with Gasteiger partial charge in [0.2, 0.25) is 12.3 Å². The second kappa shape index (κ2) is 11.3. The summed E-state index contributed by atoms with van der Waals surface area (Å²) in [6.45, 7) is 5.95. The molecule has 10 heteroatoms. The molecule has 0 spiro atoms. The Morgan fingerprint density at radius 3 is 2.50 bits per heavy atom. The lowest BCUT2D eigenvalue weighted by Crippen LogP contribution is -2.47. The van der Waals surface area contributed by atoms with Gasteiger partial charge in [0.05, 0.1) is 0 Å². The van der Waals surface area contributed by atoms with Crippen LogP contribution in [0, 0.1) is 0 Å². The lowest BCUT2D eigenvalue weighted by molar-refractivity contribution is -0.134. The van der Waals surface area contributed by atoms with Gasteiger partial charge in [0.15, 0.2) is 0 Å². The fourth-order valence-corrected chi connectivity index (χ4v) is 4.99. The molecular weight excluding hydrogens is 526 g/mol. The highest BCUT2D eigenvalue weighted by Crippen LogP contribution is 2.34. The quantitative estimate of drug-likeness (QED) is 0.216. The number of H-pyrrole nitrogens is 1. The van der Waals surface area contributed by atoms with Gasteiger partial charge in [0.1, 0.15) is 24.1 Å². The molecule has 4 rings (SSSR count). The minimum Gasteiger partial charge on any atom is -0.489 e. The van der Waals surface area contributed by atoms with Gasteiger partial charge in [-0.3, -0.25) is 9.59 Å². The number of carboxylic acids is 1. The van der Waals surface area contributed by atoms with Gasteiger partial charge in [-0.25, -0.2) is 4.79 Å². The summed E-state index contributed by atoms with van der Waals surface area (Å²) >= 11 is 7.73. The van der Waals surface area contributed by atoms with Gasteiger partial charge in [0.25, 0.3) is 0 Å². The van der Waals surface area contributed by atoms with Crippen LogP contribution in [0.15, 0.2) is 59.3 Å². The van der Waals surface area contributed by atoms with E-state index in [1.165, 1.54) is 4.90 Å². The van der Waals surface area contributed by atoms with Crippen LogP contribution >= 0.6 is 22.9 Å². The fraction of sp³-hybridized carbons (Fsp3) is 0.250. The molecule has 0 radical (unpaired) electrons. The average molecular weight is 554 g/mol. The number of carbonyl (C=O) groups excluding carboxylic acids is 2. The highest BCUT2D eigenvalue weighted by Gasteiger charge is 2.35. The molecule has 3 N–H and O–H groups in total. The van der Waals surface area contributed by atoms with Gasteiger partial charge in [-0.05, 0) is 73.0 Å². The van der Waals surface area contributed by atoms with Crippen molar-refractivity contribution in [2.24, 2.45) is 0 Å². The standard InChI is InChI=1S/C28H28ClN3O5S/c1-28(2,3)31-26(34)25(23-21-9-6-19(29)12-22(21)30-24(23)27(35)36)32(16-33)13-17-4-7-20(8-5-17)37-14-18-10-11-38-15-18/h4-12,15-16,25,30H,13-14H2,1-3H3,(H,31,34)(H,35,36). The lowest BCUT2D eigenvalue weighted by atomic mass is 9.98. The molecule has 0 aliphatic heterocycles. The van der Waals surface area contributed by atoms with E-state index < -0.39 is 23.5 Å². The van der Waals surface area contributed by atoms with Gasteiger partial charge in [-0.2, -0.15) is 11.3 Å². The Balaban J connectivity index is 1.69. The highest BCUT2D eigenvalue weighted by atomic mass is 35.5. The summed E-state index contributed by atoms with van der Waals surface area (Å²) in [5, 5.41) is 17.8. The summed E-state index contributed by atoms with van der Waals surface area (Å²) < 4.78 is 5.82. The van der Waals surface area contributed by atoms with Crippen molar-refractivity contribution < 1.29 is 24.2 Å². The van der Waals surface area contributed by atoms with Crippen LogP contribution in [0.5, 0.6) is 5.75 Å². The maximum atomic E-state index is 13.6. The summed E-state index contributed by atoms with van der Waals surface area (Å²) in [6, 6.07) is 12.8. The number of hydrogen-bond acceptors (Lipinski definition) is 5. The third-order valence-corrected chi connectivity index (χ3v) is 6.74. The normalized spacial score (nSPS) is 12.2. The number of carboxylic acid groups (broad SMARTS) is 1. The van der Waals surface area contributed by atoms with Crippen molar-refractivity contribution >= 4 is 52.1 Å². The van der Waals surface area contributed by atoms with E-state index in [9.17, 15) is 19.5 Å². The Labute approximate surface area is 229 Å². The SMILES string of the molecule is CC(C)(C)NC(=O)C(c1c(C(=O)O)[nH]c2cc(Cl)ccc12)N(C=O)Cc1ccc(OCc2ccsc2)cc1. The molecule has 8 nitrogen and oxygen atoms in total. The molecule has 2 heterocycles. The number of nitrogens with zero attached hydrogens (tertiary/aromatic N) is 1. The third kappa shape index (κ3) is 6.35. The fourth-order valence-electron chi connectivity index (χ4n) is 4.16. The summed E-state index contributed by atoms with van der Waals surface area (Å²) in [7, 11) is 0. The third-order valence-electron chi connectivity index (χ3n) is 5.78. The molecule has 1 atom stereocenters. The van der Waals surface area contributed by atoms with Gasteiger partial charge in [-0.15, -0.1) is 0 Å². The molecule has 2 amide bonds. The highest BCUT2D eigenvalue weighted by molar-refractivity contribution is 7.07. The predicted molar refractivity (Wildman–Crippen MR) is 148 cm³/mol. The number of nitrogens with one attached hydrogen (secondary N) is 2. The summed E-state index contributed by atoms with van der Waals surface area (Å²) in [5.74, 6) is -1.08. The van der Waals surface area contributed by atoms with Crippen LogP contribution in [0.2, 0.25) is 5.02 Å². The number of carbonyl (C=O) groups is 3. The lowest BCUT2D eigenvalue weighted by Gasteiger charge is -2.31. The number of fused-ring (bicyclic) bond motifs is 1. The molecule has 0 bridgehead atoms. The van der Waals surface area contributed by atoms with Gasteiger partial charge in [-0.1, -0.05) is 29.8 Å². The van der Waals surface area contributed by atoms with Crippen molar-refractivity contribution in [2.45, 2.75) is 45.5 Å². The number of hydrogen-bond donors (Lipinski definition) is 3. The van der Waals surface area contributed by atoms with Crippen LogP contribution < -0.4 is 10.1 Å². The van der Waals surface area contributed by atoms with Crippen LogP contribution in [-0.2, 0) is 22.7 Å². The Kier molecular flexibility index (Phi) is 8.08. The van der Waals surface area contributed by atoms with E-state index in [-0.39, 0.29) is 17.8 Å². The van der Waals surface area contributed by atoms with E-state index in [4.69, 9.17) is 16.3 Å². The second-order valence-corrected chi connectivity index (χ2v) is 11.1. The molecular formula is C28H28ClN3O5S. The van der Waals surface area contributed by atoms with E-state index >= 15 is 0 Å². The molecule has 0 aliphatic rings. The Morgan fingerprint density at radius 1 is 1.16 bits per heavy atom. The van der Waals surface area contributed by atoms with E-state index in [2.05, 4.69) is 10.3 Å². The summed E-state index contributed by atoms with van der Waals surface area (Å²) in [6.07, 6.45) is 0.564. The first-order chi connectivity index (χ1) is 18.1. The maximum absolute atomic E-state index is 13.6. The first-order valence-corrected chi connectivity index (χ1v) is 13.2. The van der Waals surface area contributed by atoms with Crippen molar-refractivity contribution in [2.75, 3.05) is 0 Å². The van der Waals surface area contributed by atoms with Crippen LogP contribution in [0.1, 0.15) is 54.0 Å². The number of aromatic amines is 1. The van der Waals surface area contributed by atoms with Gasteiger partial charge < -0.3 is 25.0 Å².